The van der Waals surface area contributed by atoms with E-state index in [2.05, 4.69) is 20.9 Å². The SMILES string of the molecule is CC(C)[C@@H]1CC[C@@H](C)C[C@H]1OC(=O)[C@@H]1[C@@H](c2ccc(F)c(Br)c2)N=C[C@@]1(c1cc(Cl)c(Cl)c(Cl)c1)C(F)(F)F. The molecule has 6 atom stereocenters. The summed E-state index contributed by atoms with van der Waals surface area (Å²) in [7, 11) is 0. The first kappa shape index (κ1) is 30.6. The van der Waals surface area contributed by atoms with E-state index in [1.807, 2.05) is 20.8 Å². The molecule has 1 fully saturated rings. The first-order valence-corrected chi connectivity index (χ1v) is 14.5. The number of halogens is 8. The maximum atomic E-state index is 15.3. The standard InChI is InChI=1S/C28H27BrCl3F4NO2/c1-13(2)17-6-4-14(3)8-22(17)39-26(38)23-25(15-5-7-21(33)18(29)9-15)37-12-27(23,28(34,35)36)16-10-19(30)24(32)20(31)11-16/h5,7,9-14,17,22-23,25H,4,6,8H2,1-3H3/t14-,17+,22-,23+,25-,27+/m1/s1. The van der Waals surface area contributed by atoms with E-state index >= 15 is 13.2 Å². The molecule has 11 heteroatoms. The summed E-state index contributed by atoms with van der Waals surface area (Å²) in [6, 6.07) is 4.54. The summed E-state index contributed by atoms with van der Waals surface area (Å²) in [6.07, 6.45) is -2.54. The number of carbonyl (C=O) groups excluding carboxylic acids is 1. The Hall–Kier alpha value is -1.35. The first-order chi connectivity index (χ1) is 18.2. The van der Waals surface area contributed by atoms with Crippen LogP contribution in [0.25, 0.3) is 0 Å². The molecule has 0 unspecified atom stereocenters. The molecule has 1 aliphatic heterocycles. The van der Waals surface area contributed by atoms with E-state index in [-0.39, 0.29) is 48.4 Å². The fourth-order valence-electron chi connectivity index (χ4n) is 5.84. The van der Waals surface area contributed by atoms with Crippen molar-refractivity contribution in [2.75, 3.05) is 0 Å². The number of esters is 1. The highest BCUT2D eigenvalue weighted by atomic mass is 79.9. The van der Waals surface area contributed by atoms with Crippen molar-refractivity contribution < 1.29 is 27.1 Å². The number of hydrogen-bond donors (Lipinski definition) is 0. The molecule has 1 saturated carbocycles. The van der Waals surface area contributed by atoms with Crippen LogP contribution in [-0.2, 0) is 14.9 Å². The highest BCUT2D eigenvalue weighted by Crippen LogP contribution is 2.56. The van der Waals surface area contributed by atoms with Crippen molar-refractivity contribution in [3.63, 3.8) is 0 Å². The van der Waals surface area contributed by atoms with Gasteiger partial charge >= 0.3 is 12.1 Å². The average Bonchev–Trinajstić information content (AvgIpc) is 3.26. The third kappa shape index (κ3) is 5.73. The van der Waals surface area contributed by atoms with Gasteiger partial charge in [0.25, 0.3) is 0 Å². The van der Waals surface area contributed by atoms with Gasteiger partial charge in [0.05, 0.1) is 25.6 Å². The van der Waals surface area contributed by atoms with Crippen molar-refractivity contribution in [1.29, 1.82) is 0 Å². The third-order valence-electron chi connectivity index (χ3n) is 7.94. The molecule has 0 N–H and O–H groups in total. The summed E-state index contributed by atoms with van der Waals surface area (Å²) in [5.74, 6) is -3.09. The van der Waals surface area contributed by atoms with Gasteiger partial charge in [-0.15, -0.1) is 0 Å². The van der Waals surface area contributed by atoms with Gasteiger partial charge in [-0.25, -0.2) is 4.39 Å². The molecule has 0 radical (unpaired) electrons. The van der Waals surface area contributed by atoms with Crippen molar-refractivity contribution in [2.45, 2.75) is 63.8 Å². The summed E-state index contributed by atoms with van der Waals surface area (Å²) in [5.41, 5.74) is -3.10. The number of aliphatic imine (C=N–C) groups is 1. The van der Waals surface area contributed by atoms with E-state index in [9.17, 15) is 9.18 Å². The molecule has 0 bridgehead atoms. The molecule has 0 amide bonds. The number of hydrogen-bond acceptors (Lipinski definition) is 3. The van der Waals surface area contributed by atoms with Crippen LogP contribution in [0.3, 0.4) is 0 Å². The van der Waals surface area contributed by atoms with Crippen LogP contribution >= 0.6 is 50.7 Å². The lowest BCUT2D eigenvalue weighted by Crippen LogP contribution is -2.53. The summed E-state index contributed by atoms with van der Waals surface area (Å²) < 4.78 is 65.9. The van der Waals surface area contributed by atoms with Crippen molar-refractivity contribution >= 4 is 62.9 Å². The Morgan fingerprint density at radius 3 is 2.33 bits per heavy atom. The van der Waals surface area contributed by atoms with E-state index in [1.165, 1.54) is 12.1 Å². The van der Waals surface area contributed by atoms with Crippen molar-refractivity contribution in [2.24, 2.45) is 28.7 Å². The molecule has 1 aliphatic carbocycles. The lowest BCUT2D eigenvalue weighted by Gasteiger charge is -2.40. The van der Waals surface area contributed by atoms with Crippen LogP contribution in [0, 0.1) is 29.5 Å². The van der Waals surface area contributed by atoms with Crippen LogP contribution in [0.4, 0.5) is 17.6 Å². The highest BCUT2D eigenvalue weighted by molar-refractivity contribution is 9.10. The van der Waals surface area contributed by atoms with Gasteiger partial charge in [-0.05, 0) is 81.9 Å². The number of nitrogens with zero attached hydrogens (tertiary/aromatic N) is 1. The Bertz CT molecular complexity index is 1260. The molecule has 1 heterocycles. The van der Waals surface area contributed by atoms with Gasteiger partial charge in [0.1, 0.15) is 23.3 Å². The fraction of sp³-hybridized carbons (Fsp3) is 0.500. The number of alkyl halides is 3. The minimum Gasteiger partial charge on any atom is -0.462 e. The first-order valence-electron chi connectivity index (χ1n) is 12.6. The third-order valence-corrected chi connectivity index (χ3v) is 9.75. The Balaban J connectivity index is 1.88. The molecule has 2 aliphatic rings. The molecule has 39 heavy (non-hydrogen) atoms. The molecule has 0 saturated heterocycles. The van der Waals surface area contributed by atoms with E-state index in [0.29, 0.717) is 6.42 Å². The van der Waals surface area contributed by atoms with Crippen LogP contribution in [0.5, 0.6) is 0 Å². The average molecular weight is 672 g/mol. The maximum Gasteiger partial charge on any atom is 0.404 e. The minimum atomic E-state index is -5.01. The van der Waals surface area contributed by atoms with Gasteiger partial charge in [-0.2, -0.15) is 13.2 Å². The Labute approximate surface area is 248 Å². The maximum absolute atomic E-state index is 15.3. The second-order valence-electron chi connectivity index (χ2n) is 10.8. The smallest absolute Gasteiger partial charge is 0.404 e. The van der Waals surface area contributed by atoms with Gasteiger partial charge in [0.15, 0.2) is 0 Å². The molecule has 2 aromatic carbocycles. The molecule has 0 aromatic heterocycles. The largest absolute Gasteiger partial charge is 0.462 e. The van der Waals surface area contributed by atoms with Crippen LogP contribution in [0.2, 0.25) is 15.1 Å². The quantitative estimate of drug-likeness (QED) is 0.180. The zero-order valence-corrected chi connectivity index (χ0v) is 25.2. The zero-order chi connectivity index (χ0) is 28.9. The second kappa shape index (κ2) is 11.5. The van der Waals surface area contributed by atoms with E-state index in [0.717, 1.165) is 37.3 Å². The van der Waals surface area contributed by atoms with Gasteiger partial charge in [-0.3, -0.25) is 9.79 Å². The van der Waals surface area contributed by atoms with E-state index < -0.39 is 41.4 Å². The monoisotopic (exact) mass is 669 g/mol. The summed E-state index contributed by atoms with van der Waals surface area (Å²) in [6.45, 7) is 6.06. The van der Waals surface area contributed by atoms with Gasteiger partial charge in [-0.1, -0.05) is 68.1 Å². The van der Waals surface area contributed by atoms with Crippen LogP contribution < -0.4 is 0 Å². The molecular weight excluding hydrogens is 645 g/mol. The van der Waals surface area contributed by atoms with Crippen molar-refractivity contribution in [3.8, 4) is 0 Å². The normalized spacial score (nSPS) is 29.2. The topological polar surface area (TPSA) is 38.7 Å². The lowest BCUT2D eigenvalue weighted by atomic mass is 9.68. The van der Waals surface area contributed by atoms with Gasteiger partial charge < -0.3 is 4.74 Å². The number of carbonyl (C=O) groups is 1. The predicted octanol–water partition coefficient (Wildman–Crippen LogP) is 9.79. The second-order valence-corrected chi connectivity index (χ2v) is 12.8. The lowest BCUT2D eigenvalue weighted by molar-refractivity contribution is -0.197. The molecule has 0 spiro atoms. The number of benzene rings is 2. The Kier molecular flexibility index (Phi) is 9.02. The molecule has 2 aromatic rings. The summed E-state index contributed by atoms with van der Waals surface area (Å²) in [5, 5.41) is -0.502. The van der Waals surface area contributed by atoms with Crippen LogP contribution in [0.1, 0.15) is 57.2 Å². The molecule has 4 rings (SSSR count). The minimum absolute atomic E-state index is 0.00518. The van der Waals surface area contributed by atoms with Crippen molar-refractivity contribution in [3.05, 3.63) is 66.8 Å². The molecule has 3 nitrogen and oxygen atoms in total. The van der Waals surface area contributed by atoms with Gasteiger partial charge in [0.2, 0.25) is 0 Å². The van der Waals surface area contributed by atoms with E-state index in [1.54, 1.807) is 0 Å². The summed E-state index contributed by atoms with van der Waals surface area (Å²) in [4.78, 5) is 18.2. The Morgan fingerprint density at radius 1 is 1.13 bits per heavy atom. The van der Waals surface area contributed by atoms with E-state index in [4.69, 9.17) is 39.5 Å². The molecular formula is C28H27BrCl3F4NO2. The van der Waals surface area contributed by atoms with Crippen LogP contribution in [0.15, 0.2) is 39.8 Å². The van der Waals surface area contributed by atoms with Crippen molar-refractivity contribution in [1.82, 2.24) is 0 Å². The number of ether oxygens (including phenoxy) is 1. The number of rotatable bonds is 5. The summed E-state index contributed by atoms with van der Waals surface area (Å²) >= 11 is 21.5. The van der Waals surface area contributed by atoms with Crippen LogP contribution in [-0.4, -0.2) is 24.5 Å². The zero-order valence-electron chi connectivity index (χ0n) is 21.3. The fourth-order valence-corrected chi connectivity index (χ4v) is 6.83. The highest BCUT2D eigenvalue weighted by Gasteiger charge is 2.67. The molecule has 212 valence electrons. The Morgan fingerprint density at radius 2 is 1.77 bits per heavy atom. The predicted molar refractivity (Wildman–Crippen MR) is 149 cm³/mol. The van der Waals surface area contributed by atoms with Gasteiger partial charge in [0, 0.05) is 6.21 Å².